The Kier molecular flexibility index (Phi) is 7.73. The lowest BCUT2D eigenvalue weighted by Crippen LogP contribution is -2.30. The predicted octanol–water partition coefficient (Wildman–Crippen LogP) is 3.36. The summed E-state index contributed by atoms with van der Waals surface area (Å²) in [6, 6.07) is 6.05. The first-order valence-corrected chi connectivity index (χ1v) is 9.11. The third-order valence-corrected chi connectivity index (χ3v) is 4.00. The van der Waals surface area contributed by atoms with Crippen LogP contribution in [-0.4, -0.2) is 29.7 Å². The Morgan fingerprint density at radius 2 is 1.90 bits per heavy atom. The van der Waals surface area contributed by atoms with Crippen molar-refractivity contribution in [3.05, 3.63) is 59.2 Å². The topological polar surface area (TPSA) is 80.3 Å². The fourth-order valence-corrected chi connectivity index (χ4v) is 2.49. The molecular weight excluding hydrogens is 406 g/mol. The van der Waals surface area contributed by atoms with Gasteiger partial charge in [-0.3, -0.25) is 14.6 Å². The fraction of sp³-hybridized carbons (Fsp3) is 0.350. The Hall–Kier alpha value is -3.17. The second-order valence-electron chi connectivity index (χ2n) is 6.69. The summed E-state index contributed by atoms with van der Waals surface area (Å²) in [6.45, 7) is 3.72. The zero-order valence-corrected chi connectivity index (χ0v) is 16.3. The monoisotopic (exact) mass is 427 g/mol. The number of halogens is 4. The maximum absolute atomic E-state index is 13.8. The summed E-state index contributed by atoms with van der Waals surface area (Å²) in [5.41, 5.74) is 1.01. The Labute approximate surface area is 170 Å². The van der Waals surface area contributed by atoms with E-state index in [0.29, 0.717) is 18.7 Å². The number of hydrogen-bond donors (Lipinski definition) is 2. The van der Waals surface area contributed by atoms with E-state index in [1.54, 1.807) is 26.0 Å². The number of amides is 2. The number of carbonyl (C=O) groups is 2. The number of hydrogen-bond acceptors (Lipinski definition) is 4. The Morgan fingerprint density at radius 1 is 1.17 bits per heavy atom. The van der Waals surface area contributed by atoms with E-state index in [4.69, 9.17) is 0 Å². The van der Waals surface area contributed by atoms with Crippen molar-refractivity contribution in [3.8, 4) is 5.75 Å². The molecule has 0 fully saturated rings. The number of pyridine rings is 1. The minimum Gasteiger partial charge on any atom is -0.403 e. The number of alkyl halides is 3. The van der Waals surface area contributed by atoms with Gasteiger partial charge in [-0.2, -0.15) is 0 Å². The number of ether oxygens (including phenoxy) is 1. The van der Waals surface area contributed by atoms with Gasteiger partial charge in [0.1, 0.15) is 0 Å². The van der Waals surface area contributed by atoms with Gasteiger partial charge in [-0.1, -0.05) is 19.9 Å². The molecule has 0 spiro atoms. The molecule has 162 valence electrons. The van der Waals surface area contributed by atoms with Gasteiger partial charge in [0.2, 0.25) is 5.91 Å². The zero-order valence-electron chi connectivity index (χ0n) is 16.3. The maximum Gasteiger partial charge on any atom is 0.573 e. The molecule has 30 heavy (non-hydrogen) atoms. The molecule has 1 heterocycles. The molecule has 10 heteroatoms. The molecule has 1 aromatic carbocycles. The van der Waals surface area contributed by atoms with Crippen LogP contribution in [0.2, 0.25) is 0 Å². The van der Waals surface area contributed by atoms with Crippen molar-refractivity contribution in [2.24, 2.45) is 5.92 Å². The van der Waals surface area contributed by atoms with E-state index in [-0.39, 0.29) is 29.5 Å². The van der Waals surface area contributed by atoms with Crippen LogP contribution in [-0.2, 0) is 17.8 Å². The molecule has 0 aliphatic heterocycles. The number of aromatic nitrogens is 1. The van der Waals surface area contributed by atoms with E-state index in [1.807, 2.05) is 0 Å². The fourth-order valence-electron chi connectivity index (χ4n) is 2.49. The quantitative estimate of drug-likeness (QED) is 0.633. The highest BCUT2D eigenvalue weighted by Gasteiger charge is 2.32. The second kappa shape index (κ2) is 10.0. The molecule has 0 atom stereocenters. The molecule has 0 unspecified atom stereocenters. The van der Waals surface area contributed by atoms with Crippen molar-refractivity contribution in [2.45, 2.75) is 33.2 Å². The van der Waals surface area contributed by atoms with Crippen LogP contribution in [0.4, 0.5) is 17.6 Å². The minimum atomic E-state index is -5.00. The van der Waals surface area contributed by atoms with Gasteiger partial charge in [-0.15, -0.1) is 13.2 Å². The molecule has 0 radical (unpaired) electrons. The molecule has 0 saturated heterocycles. The van der Waals surface area contributed by atoms with E-state index in [0.717, 1.165) is 12.1 Å². The van der Waals surface area contributed by atoms with E-state index < -0.39 is 23.8 Å². The van der Waals surface area contributed by atoms with Crippen LogP contribution in [0.15, 0.2) is 36.5 Å². The van der Waals surface area contributed by atoms with Crippen LogP contribution < -0.4 is 15.4 Å². The van der Waals surface area contributed by atoms with Crippen molar-refractivity contribution in [3.63, 3.8) is 0 Å². The number of nitrogens with zero attached hydrogens (tertiary/aromatic N) is 1. The zero-order chi connectivity index (χ0) is 22.3. The smallest absolute Gasteiger partial charge is 0.403 e. The number of carbonyl (C=O) groups excluding carboxylic acids is 2. The first kappa shape index (κ1) is 23.1. The highest BCUT2D eigenvalue weighted by molar-refractivity contribution is 5.95. The Bertz CT molecular complexity index is 901. The molecule has 2 rings (SSSR count). The summed E-state index contributed by atoms with van der Waals surface area (Å²) in [7, 11) is 0. The van der Waals surface area contributed by atoms with Crippen molar-refractivity contribution in [1.82, 2.24) is 15.6 Å². The lowest BCUT2D eigenvalue weighted by atomic mass is 10.1. The van der Waals surface area contributed by atoms with E-state index in [9.17, 15) is 27.2 Å². The first-order chi connectivity index (χ1) is 14.1. The Morgan fingerprint density at radius 3 is 2.53 bits per heavy atom. The van der Waals surface area contributed by atoms with E-state index in [1.165, 1.54) is 12.3 Å². The van der Waals surface area contributed by atoms with Crippen LogP contribution in [0, 0.1) is 11.7 Å². The van der Waals surface area contributed by atoms with Gasteiger partial charge in [-0.25, -0.2) is 4.39 Å². The van der Waals surface area contributed by atoms with E-state index >= 15 is 0 Å². The molecule has 6 nitrogen and oxygen atoms in total. The van der Waals surface area contributed by atoms with Gasteiger partial charge in [0.05, 0.1) is 11.3 Å². The van der Waals surface area contributed by atoms with Gasteiger partial charge >= 0.3 is 6.36 Å². The lowest BCUT2D eigenvalue weighted by molar-refractivity contribution is -0.275. The normalized spacial score (nSPS) is 11.3. The number of nitrogens with one attached hydrogen (secondary N) is 2. The highest BCUT2D eigenvalue weighted by atomic mass is 19.4. The van der Waals surface area contributed by atoms with Crippen molar-refractivity contribution in [1.29, 1.82) is 0 Å². The molecule has 0 aliphatic rings. The van der Waals surface area contributed by atoms with Gasteiger partial charge in [0, 0.05) is 31.6 Å². The highest BCUT2D eigenvalue weighted by Crippen LogP contribution is 2.26. The second-order valence-corrected chi connectivity index (χ2v) is 6.69. The van der Waals surface area contributed by atoms with E-state index in [2.05, 4.69) is 20.4 Å². The summed E-state index contributed by atoms with van der Waals surface area (Å²) in [4.78, 5) is 28.3. The Balaban J connectivity index is 1.98. The maximum atomic E-state index is 13.8. The molecule has 2 N–H and O–H groups in total. The lowest BCUT2D eigenvalue weighted by Gasteiger charge is -2.12. The van der Waals surface area contributed by atoms with Crippen LogP contribution in [0.1, 0.15) is 35.5 Å². The molecule has 2 amide bonds. The molecule has 0 bridgehead atoms. The first-order valence-electron chi connectivity index (χ1n) is 9.11. The third-order valence-electron chi connectivity index (χ3n) is 4.00. The summed E-state index contributed by atoms with van der Waals surface area (Å²) in [5, 5.41) is 5.31. The average molecular weight is 427 g/mol. The minimum absolute atomic E-state index is 0.111. The number of rotatable bonds is 8. The standard InChI is InChI=1S/C20H21F4N3O3/c1-12(2)18(28)26-9-7-16-14(4-3-8-25-16)19(29)27-11-13-5-6-17(15(21)10-13)30-20(22,23)24/h3-6,8,10,12H,7,9,11H2,1-2H3,(H,26,28)(H,27,29). The summed E-state index contributed by atoms with van der Waals surface area (Å²) < 4.78 is 53.9. The molecule has 0 saturated carbocycles. The summed E-state index contributed by atoms with van der Waals surface area (Å²) in [5.74, 6) is -2.90. The third kappa shape index (κ3) is 7.02. The van der Waals surface area contributed by atoms with Gasteiger partial charge < -0.3 is 15.4 Å². The van der Waals surface area contributed by atoms with Crippen LogP contribution in [0.5, 0.6) is 5.75 Å². The average Bonchev–Trinajstić information content (AvgIpc) is 2.67. The van der Waals surface area contributed by atoms with Crippen molar-refractivity contribution in [2.75, 3.05) is 6.54 Å². The molecule has 0 aliphatic carbocycles. The molecule has 1 aromatic heterocycles. The predicted molar refractivity (Wildman–Crippen MR) is 100 cm³/mol. The van der Waals surface area contributed by atoms with Gasteiger partial charge in [0.15, 0.2) is 11.6 Å². The van der Waals surface area contributed by atoms with Crippen LogP contribution in [0.3, 0.4) is 0 Å². The van der Waals surface area contributed by atoms with Crippen LogP contribution >= 0.6 is 0 Å². The number of benzene rings is 1. The molecular formula is C20H21F4N3O3. The van der Waals surface area contributed by atoms with Crippen LogP contribution in [0.25, 0.3) is 0 Å². The molecule has 2 aromatic rings. The van der Waals surface area contributed by atoms with Gasteiger partial charge in [0.25, 0.3) is 5.91 Å². The van der Waals surface area contributed by atoms with Crippen molar-refractivity contribution >= 4 is 11.8 Å². The van der Waals surface area contributed by atoms with Crippen molar-refractivity contribution < 1.29 is 31.9 Å². The SMILES string of the molecule is CC(C)C(=O)NCCc1ncccc1C(=O)NCc1ccc(OC(F)(F)F)c(F)c1. The van der Waals surface area contributed by atoms with Gasteiger partial charge in [-0.05, 0) is 29.8 Å². The summed E-state index contributed by atoms with van der Waals surface area (Å²) >= 11 is 0. The summed E-state index contributed by atoms with van der Waals surface area (Å²) in [6.07, 6.45) is -3.15. The largest absolute Gasteiger partial charge is 0.573 e.